The van der Waals surface area contributed by atoms with E-state index in [1.165, 1.54) is 11.3 Å². The van der Waals surface area contributed by atoms with Crippen molar-refractivity contribution < 1.29 is 14.3 Å². The van der Waals surface area contributed by atoms with Crippen molar-refractivity contribution in [2.45, 2.75) is 17.7 Å². The maximum absolute atomic E-state index is 11.8. The van der Waals surface area contributed by atoms with Crippen molar-refractivity contribution in [1.82, 2.24) is 0 Å². The SMILES string of the molecule is CC1(C(=O)OCC(=O)Nc2sccc2C#N)CC1(Cl)Cl. The third-order valence-electron chi connectivity index (χ3n) is 3.08. The Labute approximate surface area is 129 Å². The van der Waals surface area contributed by atoms with Crippen molar-refractivity contribution in [3.63, 3.8) is 0 Å². The summed E-state index contributed by atoms with van der Waals surface area (Å²) in [6.07, 6.45) is 0.299. The van der Waals surface area contributed by atoms with E-state index in [4.69, 9.17) is 33.2 Å². The van der Waals surface area contributed by atoms with Crippen LogP contribution in [-0.2, 0) is 14.3 Å². The van der Waals surface area contributed by atoms with E-state index in [-0.39, 0.29) is 0 Å². The highest BCUT2D eigenvalue weighted by Gasteiger charge is 2.69. The molecule has 1 unspecified atom stereocenters. The molecule has 1 N–H and O–H groups in total. The number of alkyl halides is 2. The van der Waals surface area contributed by atoms with E-state index >= 15 is 0 Å². The van der Waals surface area contributed by atoms with Crippen molar-refractivity contribution in [2.75, 3.05) is 11.9 Å². The second-order valence-corrected chi connectivity index (χ2v) is 7.01. The highest BCUT2D eigenvalue weighted by atomic mass is 35.5. The van der Waals surface area contributed by atoms with Crippen molar-refractivity contribution >= 4 is 51.4 Å². The van der Waals surface area contributed by atoms with Gasteiger partial charge in [-0.15, -0.1) is 34.5 Å². The van der Waals surface area contributed by atoms with Gasteiger partial charge in [0.25, 0.3) is 5.91 Å². The van der Waals surface area contributed by atoms with Gasteiger partial charge in [0.1, 0.15) is 20.8 Å². The molecule has 1 fully saturated rings. The number of nitrogens with zero attached hydrogens (tertiary/aromatic N) is 1. The largest absolute Gasteiger partial charge is 0.455 e. The normalized spacial score (nSPS) is 22.7. The molecule has 2 rings (SSSR count). The summed E-state index contributed by atoms with van der Waals surface area (Å²) < 4.78 is 3.77. The molecule has 5 nitrogen and oxygen atoms in total. The van der Waals surface area contributed by atoms with Gasteiger partial charge in [-0.05, 0) is 18.4 Å². The predicted molar refractivity (Wildman–Crippen MR) is 75.8 cm³/mol. The van der Waals surface area contributed by atoms with Gasteiger partial charge in [0, 0.05) is 6.42 Å². The van der Waals surface area contributed by atoms with Crippen LogP contribution < -0.4 is 5.32 Å². The Balaban J connectivity index is 1.85. The summed E-state index contributed by atoms with van der Waals surface area (Å²) in [4.78, 5) is 23.4. The fourth-order valence-corrected chi connectivity index (χ4v) is 3.01. The monoisotopic (exact) mass is 332 g/mol. The van der Waals surface area contributed by atoms with E-state index < -0.39 is 28.2 Å². The van der Waals surface area contributed by atoms with Crippen LogP contribution in [0.4, 0.5) is 5.00 Å². The molecule has 0 aromatic carbocycles. The topological polar surface area (TPSA) is 79.2 Å². The fourth-order valence-electron chi connectivity index (χ4n) is 1.57. The number of ether oxygens (including phenoxy) is 1. The lowest BCUT2D eigenvalue weighted by Gasteiger charge is -2.11. The number of carbonyl (C=O) groups excluding carboxylic acids is 2. The van der Waals surface area contributed by atoms with E-state index in [0.29, 0.717) is 17.0 Å². The first-order valence-corrected chi connectivity index (χ1v) is 7.26. The molecule has 0 radical (unpaired) electrons. The highest BCUT2D eigenvalue weighted by Crippen LogP contribution is 2.64. The van der Waals surface area contributed by atoms with Gasteiger partial charge in [-0.25, -0.2) is 0 Å². The lowest BCUT2D eigenvalue weighted by atomic mass is 10.1. The zero-order valence-electron chi connectivity index (χ0n) is 10.4. The molecule has 8 heteroatoms. The molecule has 0 aliphatic heterocycles. The number of anilines is 1. The van der Waals surface area contributed by atoms with E-state index in [2.05, 4.69) is 5.32 Å². The average Bonchev–Trinajstić information content (AvgIpc) is 2.76. The van der Waals surface area contributed by atoms with E-state index in [0.717, 1.165) is 0 Å². The Bertz CT molecular complexity index is 608. The number of halogens is 2. The zero-order valence-corrected chi connectivity index (χ0v) is 12.7. The quantitative estimate of drug-likeness (QED) is 0.679. The van der Waals surface area contributed by atoms with E-state index in [9.17, 15) is 9.59 Å². The van der Waals surface area contributed by atoms with Crippen molar-refractivity contribution in [3.05, 3.63) is 17.0 Å². The average molecular weight is 333 g/mol. The Hall–Kier alpha value is -1.29. The molecule has 1 amide bonds. The molecular formula is C12H10Cl2N2O3S. The summed E-state index contributed by atoms with van der Waals surface area (Å²) in [5.41, 5.74) is -0.596. The maximum Gasteiger partial charge on any atom is 0.315 e. The van der Waals surface area contributed by atoms with Crippen LogP contribution in [0, 0.1) is 16.7 Å². The first kappa shape index (κ1) is 15.1. The summed E-state index contributed by atoms with van der Waals surface area (Å²) in [6.45, 7) is 1.14. The molecule has 20 heavy (non-hydrogen) atoms. The van der Waals surface area contributed by atoms with Gasteiger partial charge in [-0.3, -0.25) is 9.59 Å². The minimum absolute atomic E-state index is 0.299. The molecule has 0 bridgehead atoms. The third kappa shape index (κ3) is 2.75. The maximum atomic E-state index is 11.8. The van der Waals surface area contributed by atoms with Crippen molar-refractivity contribution in [1.29, 1.82) is 5.26 Å². The molecule has 1 heterocycles. The predicted octanol–water partition coefficient (Wildman–Crippen LogP) is 2.69. The number of rotatable bonds is 4. The number of thiophene rings is 1. The van der Waals surface area contributed by atoms with Crippen LogP contribution in [0.25, 0.3) is 0 Å². The van der Waals surface area contributed by atoms with Gasteiger partial charge in [0.05, 0.1) is 5.56 Å². The minimum Gasteiger partial charge on any atom is -0.455 e. The standard InChI is InChI=1S/C12H10Cl2N2O3S/c1-11(6-12(11,13)14)10(18)19-5-8(17)16-9-7(4-15)2-3-20-9/h2-3H,5-6H2,1H3,(H,16,17). The van der Waals surface area contributed by atoms with Crippen LogP contribution in [-0.4, -0.2) is 22.8 Å². The van der Waals surface area contributed by atoms with Gasteiger partial charge in [-0.1, -0.05) is 0 Å². The van der Waals surface area contributed by atoms with Crippen LogP contribution in [0.5, 0.6) is 0 Å². The Morgan fingerprint density at radius 3 is 2.80 bits per heavy atom. The number of carbonyl (C=O) groups is 2. The second-order valence-electron chi connectivity index (χ2n) is 4.61. The number of amides is 1. The van der Waals surface area contributed by atoms with Gasteiger partial charge >= 0.3 is 5.97 Å². The Morgan fingerprint density at radius 2 is 2.25 bits per heavy atom. The number of hydrogen-bond acceptors (Lipinski definition) is 5. The van der Waals surface area contributed by atoms with E-state index in [1.54, 1.807) is 18.4 Å². The van der Waals surface area contributed by atoms with Crippen molar-refractivity contribution in [2.24, 2.45) is 5.41 Å². The number of nitriles is 1. The van der Waals surface area contributed by atoms with Crippen molar-refractivity contribution in [3.8, 4) is 6.07 Å². The first-order valence-electron chi connectivity index (χ1n) is 5.63. The fraction of sp³-hybridized carbons (Fsp3) is 0.417. The lowest BCUT2D eigenvalue weighted by Crippen LogP contribution is -2.26. The Morgan fingerprint density at radius 1 is 1.60 bits per heavy atom. The van der Waals surface area contributed by atoms with E-state index in [1.807, 2.05) is 6.07 Å². The molecule has 106 valence electrons. The summed E-state index contributed by atoms with van der Waals surface area (Å²) >= 11 is 12.9. The molecule has 1 aromatic rings. The van der Waals surface area contributed by atoms with Crippen LogP contribution in [0.2, 0.25) is 0 Å². The smallest absolute Gasteiger partial charge is 0.315 e. The highest BCUT2D eigenvalue weighted by molar-refractivity contribution is 7.14. The molecule has 1 saturated carbocycles. The van der Waals surface area contributed by atoms with Crippen LogP contribution in [0.3, 0.4) is 0 Å². The van der Waals surface area contributed by atoms with Gasteiger partial charge < -0.3 is 10.1 Å². The van der Waals surface area contributed by atoms with Gasteiger partial charge in [-0.2, -0.15) is 5.26 Å². The number of esters is 1. The molecule has 0 spiro atoms. The summed E-state index contributed by atoms with van der Waals surface area (Å²) in [5, 5.41) is 13.4. The summed E-state index contributed by atoms with van der Waals surface area (Å²) in [5.74, 6) is -1.12. The summed E-state index contributed by atoms with van der Waals surface area (Å²) in [7, 11) is 0. The molecule has 0 saturated heterocycles. The van der Waals surface area contributed by atoms with Crippen LogP contribution in [0.15, 0.2) is 11.4 Å². The number of nitrogens with one attached hydrogen (secondary N) is 1. The van der Waals surface area contributed by atoms with Gasteiger partial charge in [0.2, 0.25) is 0 Å². The molecule has 1 atom stereocenters. The Kier molecular flexibility index (Phi) is 3.96. The lowest BCUT2D eigenvalue weighted by molar-refractivity contribution is -0.152. The van der Waals surface area contributed by atoms with Crippen LogP contribution >= 0.6 is 34.5 Å². The summed E-state index contributed by atoms with van der Waals surface area (Å²) in [6, 6.07) is 3.53. The van der Waals surface area contributed by atoms with Crippen LogP contribution in [0.1, 0.15) is 18.9 Å². The molecule has 1 aliphatic carbocycles. The number of hydrogen-bond donors (Lipinski definition) is 1. The molecular weight excluding hydrogens is 323 g/mol. The first-order chi connectivity index (χ1) is 9.30. The third-order valence-corrected chi connectivity index (χ3v) is 5.01. The molecule has 1 aliphatic rings. The second kappa shape index (κ2) is 5.24. The van der Waals surface area contributed by atoms with Gasteiger partial charge in [0.15, 0.2) is 6.61 Å². The minimum atomic E-state index is -1.12. The molecule has 1 aromatic heterocycles. The zero-order chi connectivity index (χ0) is 15.0.